The van der Waals surface area contributed by atoms with E-state index < -0.39 is 0 Å². The molecule has 1 heterocycles. The molecule has 0 aliphatic heterocycles. The maximum Gasteiger partial charge on any atom is 0.0702 e. The van der Waals surface area contributed by atoms with Gasteiger partial charge in [-0.1, -0.05) is 12.1 Å². The summed E-state index contributed by atoms with van der Waals surface area (Å²) in [5, 5.41) is 1.23. The minimum Gasteiger partial charge on any atom is -0.309 e. The van der Waals surface area contributed by atoms with Gasteiger partial charge in [0, 0.05) is 18.1 Å². The van der Waals surface area contributed by atoms with E-state index in [0.29, 0.717) is 0 Å². The summed E-state index contributed by atoms with van der Waals surface area (Å²) in [4.78, 5) is 9.00. The van der Waals surface area contributed by atoms with Gasteiger partial charge in [0.25, 0.3) is 0 Å². The van der Waals surface area contributed by atoms with Crippen molar-refractivity contribution >= 4 is 10.9 Å². The zero-order valence-electron chi connectivity index (χ0n) is 12.8. The Kier molecular flexibility index (Phi) is 5.50. The molecule has 2 rings (SSSR count). The number of aromatic nitrogens is 1. The maximum absolute atomic E-state index is 4.36. The molecule has 1 aromatic heterocycles. The van der Waals surface area contributed by atoms with Crippen LogP contribution in [0.3, 0.4) is 0 Å². The standard InChI is InChI=1S/C17H25N3/c1-19(2)11-4-5-12-20(3)14-15-8-9-17-16(13-15)7-6-10-18-17/h6-10,13H,4-5,11-12,14H2,1-3H3. The number of rotatable bonds is 7. The van der Waals surface area contributed by atoms with Crippen LogP contribution in [0, 0.1) is 0 Å². The molecule has 108 valence electrons. The van der Waals surface area contributed by atoms with Crippen LogP contribution < -0.4 is 0 Å². The summed E-state index contributed by atoms with van der Waals surface area (Å²) in [6.07, 6.45) is 4.36. The second kappa shape index (κ2) is 7.36. The summed E-state index contributed by atoms with van der Waals surface area (Å²) in [7, 11) is 6.46. The Balaban J connectivity index is 1.84. The topological polar surface area (TPSA) is 19.4 Å². The number of benzene rings is 1. The molecule has 0 N–H and O–H groups in total. The maximum atomic E-state index is 4.36. The van der Waals surface area contributed by atoms with Gasteiger partial charge in [-0.15, -0.1) is 0 Å². The van der Waals surface area contributed by atoms with E-state index in [1.807, 2.05) is 12.3 Å². The Hall–Kier alpha value is -1.45. The Morgan fingerprint density at radius 1 is 1.00 bits per heavy atom. The summed E-state index contributed by atoms with van der Waals surface area (Å²) in [5.41, 5.74) is 2.44. The van der Waals surface area contributed by atoms with E-state index in [0.717, 1.165) is 18.6 Å². The molecular formula is C17H25N3. The van der Waals surface area contributed by atoms with Crippen LogP contribution in [0.15, 0.2) is 36.5 Å². The SMILES string of the molecule is CN(C)CCCCN(C)Cc1ccc2ncccc2c1. The van der Waals surface area contributed by atoms with Crippen molar-refractivity contribution in [1.29, 1.82) is 0 Å². The first-order valence-electron chi connectivity index (χ1n) is 7.32. The van der Waals surface area contributed by atoms with Crippen LogP contribution in [0.4, 0.5) is 0 Å². The van der Waals surface area contributed by atoms with Gasteiger partial charge in [0.1, 0.15) is 0 Å². The van der Waals surface area contributed by atoms with Gasteiger partial charge in [-0.3, -0.25) is 4.98 Å². The minimum atomic E-state index is 1.01. The van der Waals surface area contributed by atoms with E-state index in [9.17, 15) is 0 Å². The van der Waals surface area contributed by atoms with Crippen LogP contribution >= 0.6 is 0 Å². The van der Waals surface area contributed by atoms with E-state index in [2.05, 4.69) is 60.2 Å². The molecule has 20 heavy (non-hydrogen) atoms. The molecule has 0 saturated heterocycles. The Labute approximate surface area is 122 Å². The molecule has 3 heteroatoms. The molecule has 0 bridgehead atoms. The lowest BCUT2D eigenvalue weighted by Gasteiger charge is -2.17. The molecule has 0 saturated carbocycles. The fourth-order valence-corrected chi connectivity index (χ4v) is 2.42. The highest BCUT2D eigenvalue weighted by atomic mass is 15.1. The lowest BCUT2D eigenvalue weighted by molar-refractivity contribution is 0.305. The van der Waals surface area contributed by atoms with Crippen LogP contribution in [-0.2, 0) is 6.54 Å². The number of hydrogen-bond acceptors (Lipinski definition) is 3. The second-order valence-electron chi connectivity index (χ2n) is 5.78. The van der Waals surface area contributed by atoms with E-state index in [1.54, 1.807) is 0 Å². The van der Waals surface area contributed by atoms with Crippen molar-refractivity contribution in [2.45, 2.75) is 19.4 Å². The van der Waals surface area contributed by atoms with Gasteiger partial charge in [0.15, 0.2) is 0 Å². The van der Waals surface area contributed by atoms with Crippen LogP contribution in [0.1, 0.15) is 18.4 Å². The molecule has 1 aromatic carbocycles. The van der Waals surface area contributed by atoms with Crippen molar-refractivity contribution in [2.75, 3.05) is 34.2 Å². The second-order valence-corrected chi connectivity index (χ2v) is 5.78. The van der Waals surface area contributed by atoms with Gasteiger partial charge in [-0.25, -0.2) is 0 Å². The number of fused-ring (bicyclic) bond motifs is 1. The summed E-state index contributed by atoms with van der Waals surface area (Å²) >= 11 is 0. The first-order chi connectivity index (χ1) is 9.65. The Bertz CT molecular complexity index is 537. The van der Waals surface area contributed by atoms with Crippen molar-refractivity contribution < 1.29 is 0 Å². The zero-order chi connectivity index (χ0) is 14.4. The summed E-state index contributed by atoms with van der Waals surface area (Å²) in [6, 6.07) is 10.7. The van der Waals surface area contributed by atoms with Crippen LogP contribution in [0.2, 0.25) is 0 Å². The quantitative estimate of drug-likeness (QED) is 0.722. The largest absolute Gasteiger partial charge is 0.309 e. The molecule has 0 fully saturated rings. The predicted octanol–water partition coefficient (Wildman–Crippen LogP) is 3.01. The zero-order valence-corrected chi connectivity index (χ0v) is 12.8. The van der Waals surface area contributed by atoms with Gasteiger partial charge >= 0.3 is 0 Å². The fraction of sp³-hybridized carbons (Fsp3) is 0.471. The van der Waals surface area contributed by atoms with Gasteiger partial charge in [0.2, 0.25) is 0 Å². The van der Waals surface area contributed by atoms with Crippen LogP contribution in [0.25, 0.3) is 10.9 Å². The summed E-state index contributed by atoms with van der Waals surface area (Å²) in [6.45, 7) is 3.33. The average Bonchev–Trinajstić information content (AvgIpc) is 2.43. The first kappa shape index (κ1) is 14.9. The summed E-state index contributed by atoms with van der Waals surface area (Å²) in [5.74, 6) is 0. The monoisotopic (exact) mass is 271 g/mol. The van der Waals surface area contributed by atoms with Crippen molar-refractivity contribution in [3.63, 3.8) is 0 Å². The molecule has 0 spiro atoms. The average molecular weight is 271 g/mol. The van der Waals surface area contributed by atoms with Gasteiger partial charge in [-0.2, -0.15) is 0 Å². The Morgan fingerprint density at radius 3 is 2.60 bits per heavy atom. The number of nitrogens with zero attached hydrogens (tertiary/aromatic N) is 3. The highest BCUT2D eigenvalue weighted by molar-refractivity contribution is 5.78. The highest BCUT2D eigenvalue weighted by Crippen LogP contribution is 2.14. The van der Waals surface area contributed by atoms with Crippen molar-refractivity contribution in [1.82, 2.24) is 14.8 Å². The lowest BCUT2D eigenvalue weighted by Crippen LogP contribution is -2.20. The highest BCUT2D eigenvalue weighted by Gasteiger charge is 2.02. The molecule has 0 aliphatic carbocycles. The van der Waals surface area contributed by atoms with E-state index in [-0.39, 0.29) is 0 Å². The number of pyridine rings is 1. The first-order valence-corrected chi connectivity index (χ1v) is 7.32. The molecular weight excluding hydrogens is 246 g/mol. The van der Waals surface area contributed by atoms with Crippen molar-refractivity contribution in [2.24, 2.45) is 0 Å². The lowest BCUT2D eigenvalue weighted by atomic mass is 10.1. The van der Waals surface area contributed by atoms with Gasteiger partial charge in [0.05, 0.1) is 5.52 Å². The molecule has 3 nitrogen and oxygen atoms in total. The molecule has 0 unspecified atom stereocenters. The summed E-state index contributed by atoms with van der Waals surface area (Å²) < 4.78 is 0. The number of hydrogen-bond donors (Lipinski definition) is 0. The van der Waals surface area contributed by atoms with Gasteiger partial charge < -0.3 is 9.80 Å². The normalized spacial score (nSPS) is 11.7. The van der Waals surface area contributed by atoms with E-state index in [4.69, 9.17) is 0 Å². The van der Waals surface area contributed by atoms with Crippen LogP contribution in [0.5, 0.6) is 0 Å². The minimum absolute atomic E-state index is 1.01. The number of unbranched alkanes of at least 4 members (excludes halogenated alkanes) is 1. The molecule has 2 aromatic rings. The van der Waals surface area contributed by atoms with Crippen molar-refractivity contribution in [3.05, 3.63) is 42.1 Å². The smallest absolute Gasteiger partial charge is 0.0702 e. The fourth-order valence-electron chi connectivity index (χ4n) is 2.42. The molecule has 0 amide bonds. The Morgan fingerprint density at radius 2 is 1.80 bits per heavy atom. The van der Waals surface area contributed by atoms with Gasteiger partial charge in [-0.05, 0) is 70.8 Å². The predicted molar refractivity (Wildman–Crippen MR) is 85.9 cm³/mol. The van der Waals surface area contributed by atoms with E-state index >= 15 is 0 Å². The van der Waals surface area contributed by atoms with Crippen LogP contribution in [-0.4, -0.2) is 49.0 Å². The third-order valence-electron chi connectivity index (χ3n) is 3.52. The van der Waals surface area contributed by atoms with E-state index in [1.165, 1.54) is 30.3 Å². The molecule has 0 radical (unpaired) electrons. The molecule has 0 atom stereocenters. The molecule has 0 aliphatic rings. The third-order valence-corrected chi connectivity index (χ3v) is 3.52. The third kappa shape index (κ3) is 4.58. The van der Waals surface area contributed by atoms with Crippen molar-refractivity contribution in [3.8, 4) is 0 Å².